The first kappa shape index (κ1) is 13.7. The second-order valence-corrected chi connectivity index (χ2v) is 7.75. The zero-order chi connectivity index (χ0) is 14.4. The second-order valence-electron chi connectivity index (χ2n) is 6.88. The van der Waals surface area contributed by atoms with Crippen molar-refractivity contribution in [3.63, 3.8) is 0 Å². The van der Waals surface area contributed by atoms with E-state index in [4.69, 9.17) is 4.98 Å². The van der Waals surface area contributed by atoms with Crippen LogP contribution in [0.4, 0.5) is 0 Å². The van der Waals surface area contributed by atoms with Crippen molar-refractivity contribution in [1.29, 1.82) is 0 Å². The van der Waals surface area contributed by atoms with E-state index in [1.807, 2.05) is 0 Å². The molecule has 2 aliphatic carbocycles. The fourth-order valence-electron chi connectivity index (χ4n) is 3.70. The van der Waals surface area contributed by atoms with Crippen LogP contribution in [0, 0.1) is 0 Å². The molecule has 2 saturated carbocycles. The van der Waals surface area contributed by atoms with Gasteiger partial charge < -0.3 is 5.11 Å². The van der Waals surface area contributed by atoms with Crippen LogP contribution in [0.15, 0.2) is 11.6 Å². The number of aromatic nitrogens is 2. The summed E-state index contributed by atoms with van der Waals surface area (Å²) in [7, 11) is 2.12. The normalized spacial score (nSPS) is 21.7. The van der Waals surface area contributed by atoms with Crippen LogP contribution in [0.3, 0.4) is 0 Å². The standard InChI is InChI=1S/C16H23N3OS/c1-18(11-16(20)6-2-3-7-16)10-13-14(12-4-5-12)17-15-19(13)8-9-21-15/h8-9,12,20H,2-7,10-11H2,1H3. The van der Waals surface area contributed by atoms with Crippen LogP contribution < -0.4 is 0 Å². The van der Waals surface area contributed by atoms with Gasteiger partial charge in [-0.3, -0.25) is 9.30 Å². The Balaban J connectivity index is 1.55. The Kier molecular flexibility index (Phi) is 3.32. The smallest absolute Gasteiger partial charge is 0.194 e. The summed E-state index contributed by atoms with van der Waals surface area (Å²) in [5.74, 6) is 0.676. The maximum atomic E-state index is 10.6. The van der Waals surface area contributed by atoms with E-state index >= 15 is 0 Å². The quantitative estimate of drug-likeness (QED) is 0.923. The van der Waals surface area contributed by atoms with Crippen molar-refractivity contribution in [2.45, 2.75) is 56.6 Å². The number of likely N-dealkylation sites (N-methyl/N-ethyl adjacent to an activating group) is 1. The number of hydrogen-bond donors (Lipinski definition) is 1. The van der Waals surface area contributed by atoms with Gasteiger partial charge in [0.25, 0.3) is 0 Å². The van der Waals surface area contributed by atoms with E-state index in [1.54, 1.807) is 11.3 Å². The highest BCUT2D eigenvalue weighted by Gasteiger charge is 2.34. The van der Waals surface area contributed by atoms with Crippen LogP contribution in [0.1, 0.15) is 55.8 Å². The van der Waals surface area contributed by atoms with E-state index in [0.29, 0.717) is 5.92 Å². The Hall–Kier alpha value is -0.910. The molecule has 4 rings (SSSR count). The minimum atomic E-state index is -0.465. The lowest BCUT2D eigenvalue weighted by Crippen LogP contribution is -2.39. The van der Waals surface area contributed by atoms with Gasteiger partial charge in [0.15, 0.2) is 4.96 Å². The Morgan fingerprint density at radius 2 is 2.19 bits per heavy atom. The summed E-state index contributed by atoms with van der Waals surface area (Å²) in [6, 6.07) is 0. The third-order valence-electron chi connectivity index (χ3n) is 4.87. The van der Waals surface area contributed by atoms with Crippen molar-refractivity contribution in [3.05, 3.63) is 23.0 Å². The number of aliphatic hydroxyl groups is 1. The van der Waals surface area contributed by atoms with Crippen molar-refractivity contribution in [3.8, 4) is 0 Å². The number of thiazole rings is 1. The van der Waals surface area contributed by atoms with Crippen molar-refractivity contribution in [1.82, 2.24) is 14.3 Å². The molecule has 2 aromatic heterocycles. The van der Waals surface area contributed by atoms with Gasteiger partial charge in [-0.25, -0.2) is 4.98 Å². The first-order valence-corrected chi connectivity index (χ1v) is 8.88. The molecule has 2 aromatic rings. The first-order chi connectivity index (χ1) is 10.1. The molecule has 0 atom stereocenters. The number of imidazole rings is 1. The maximum absolute atomic E-state index is 10.6. The lowest BCUT2D eigenvalue weighted by molar-refractivity contribution is 0.0141. The average molecular weight is 305 g/mol. The Morgan fingerprint density at radius 1 is 1.43 bits per heavy atom. The Bertz CT molecular complexity index is 637. The highest BCUT2D eigenvalue weighted by molar-refractivity contribution is 7.15. The van der Waals surface area contributed by atoms with Gasteiger partial charge in [0, 0.05) is 30.6 Å². The van der Waals surface area contributed by atoms with Crippen LogP contribution in [-0.4, -0.2) is 38.6 Å². The zero-order valence-electron chi connectivity index (χ0n) is 12.6. The number of fused-ring (bicyclic) bond motifs is 1. The Morgan fingerprint density at radius 3 is 2.90 bits per heavy atom. The fourth-order valence-corrected chi connectivity index (χ4v) is 4.44. The molecule has 0 aliphatic heterocycles. The van der Waals surface area contributed by atoms with Crippen molar-refractivity contribution < 1.29 is 5.11 Å². The lowest BCUT2D eigenvalue weighted by atomic mass is 10.0. The number of hydrogen-bond acceptors (Lipinski definition) is 4. The van der Waals surface area contributed by atoms with Crippen molar-refractivity contribution in [2.75, 3.05) is 13.6 Å². The van der Waals surface area contributed by atoms with Gasteiger partial charge in [-0.2, -0.15) is 0 Å². The largest absolute Gasteiger partial charge is 0.389 e. The summed E-state index contributed by atoms with van der Waals surface area (Å²) < 4.78 is 2.24. The fraction of sp³-hybridized carbons (Fsp3) is 0.688. The molecule has 114 valence electrons. The summed E-state index contributed by atoms with van der Waals surface area (Å²) in [5.41, 5.74) is 2.16. The van der Waals surface area contributed by atoms with Crippen LogP contribution in [0.5, 0.6) is 0 Å². The molecule has 0 unspecified atom stereocenters. The summed E-state index contributed by atoms with van der Waals surface area (Å²) in [4.78, 5) is 8.22. The molecule has 21 heavy (non-hydrogen) atoms. The van der Waals surface area contributed by atoms with Crippen molar-refractivity contribution in [2.24, 2.45) is 0 Å². The van der Waals surface area contributed by atoms with Gasteiger partial charge in [0.2, 0.25) is 0 Å². The topological polar surface area (TPSA) is 40.8 Å². The van der Waals surface area contributed by atoms with Crippen LogP contribution in [0.2, 0.25) is 0 Å². The third kappa shape index (κ3) is 2.62. The van der Waals surface area contributed by atoms with Gasteiger partial charge in [0.1, 0.15) is 0 Å². The predicted octanol–water partition coefficient (Wildman–Crippen LogP) is 3.01. The molecule has 2 aliphatic rings. The zero-order valence-corrected chi connectivity index (χ0v) is 13.4. The molecular formula is C16H23N3OS. The second kappa shape index (κ2) is 5.07. The molecule has 5 heteroatoms. The third-order valence-corrected chi connectivity index (χ3v) is 5.63. The molecule has 4 nitrogen and oxygen atoms in total. The summed E-state index contributed by atoms with van der Waals surface area (Å²) >= 11 is 1.71. The molecule has 2 fully saturated rings. The summed E-state index contributed by atoms with van der Waals surface area (Å²) in [6.07, 6.45) is 8.93. The minimum Gasteiger partial charge on any atom is -0.389 e. The molecule has 0 spiro atoms. The minimum absolute atomic E-state index is 0.465. The summed E-state index contributed by atoms with van der Waals surface area (Å²) in [6.45, 7) is 1.65. The van der Waals surface area contributed by atoms with Gasteiger partial charge in [-0.1, -0.05) is 12.8 Å². The van der Waals surface area contributed by atoms with Gasteiger partial charge in [-0.15, -0.1) is 11.3 Å². The molecule has 1 N–H and O–H groups in total. The molecule has 0 radical (unpaired) electrons. The van der Waals surface area contributed by atoms with Gasteiger partial charge in [-0.05, 0) is 32.7 Å². The highest BCUT2D eigenvalue weighted by atomic mass is 32.1. The van der Waals surface area contributed by atoms with Crippen LogP contribution >= 0.6 is 11.3 Å². The lowest BCUT2D eigenvalue weighted by Gasteiger charge is -2.28. The van der Waals surface area contributed by atoms with E-state index < -0.39 is 5.60 Å². The monoisotopic (exact) mass is 305 g/mol. The van der Waals surface area contributed by atoms with E-state index in [-0.39, 0.29) is 0 Å². The van der Waals surface area contributed by atoms with E-state index in [0.717, 1.165) is 30.9 Å². The molecule has 0 saturated heterocycles. The molecule has 0 bridgehead atoms. The SMILES string of the molecule is CN(Cc1c(C2CC2)nc2sccn12)CC1(O)CCCC1. The summed E-state index contributed by atoms with van der Waals surface area (Å²) in [5, 5.41) is 12.7. The van der Waals surface area contributed by atoms with E-state index in [2.05, 4.69) is 27.9 Å². The Labute approximate surface area is 129 Å². The molecule has 2 heterocycles. The molecule has 0 aromatic carbocycles. The van der Waals surface area contributed by atoms with Gasteiger partial charge in [0.05, 0.1) is 17.0 Å². The van der Waals surface area contributed by atoms with Crippen molar-refractivity contribution >= 4 is 16.3 Å². The van der Waals surface area contributed by atoms with Crippen LogP contribution in [-0.2, 0) is 6.54 Å². The average Bonchev–Trinajstić information content (AvgIpc) is 2.88. The van der Waals surface area contributed by atoms with Gasteiger partial charge >= 0.3 is 0 Å². The molecular weight excluding hydrogens is 282 g/mol. The number of rotatable bonds is 5. The van der Waals surface area contributed by atoms with E-state index in [1.165, 1.54) is 37.1 Å². The highest BCUT2D eigenvalue weighted by Crippen LogP contribution is 2.42. The van der Waals surface area contributed by atoms with E-state index in [9.17, 15) is 5.11 Å². The first-order valence-electron chi connectivity index (χ1n) is 8.00. The predicted molar refractivity (Wildman–Crippen MR) is 84.8 cm³/mol. The maximum Gasteiger partial charge on any atom is 0.194 e. The molecule has 0 amide bonds. The number of nitrogens with zero attached hydrogens (tertiary/aromatic N) is 3. The van der Waals surface area contributed by atoms with Crippen LogP contribution in [0.25, 0.3) is 4.96 Å².